The molecule has 4 atom stereocenters. The van der Waals surface area contributed by atoms with Crippen molar-refractivity contribution in [3.8, 4) is 0 Å². The van der Waals surface area contributed by atoms with Gasteiger partial charge in [-0.1, -0.05) is 21.0 Å². The van der Waals surface area contributed by atoms with Crippen molar-refractivity contribution in [3.63, 3.8) is 0 Å². The molecule has 1 fully saturated rings. The number of hydrogen-bond donors (Lipinski definition) is 1. The van der Waals surface area contributed by atoms with Crippen LogP contribution < -0.4 is 0 Å². The van der Waals surface area contributed by atoms with E-state index in [1.807, 2.05) is 0 Å². The van der Waals surface area contributed by atoms with Crippen LogP contribution in [-0.4, -0.2) is 35.0 Å². The fourth-order valence-electron chi connectivity index (χ4n) is 0.951. The minimum absolute atomic E-state index is 0.0554. The van der Waals surface area contributed by atoms with Crippen LogP contribution in [0.4, 0.5) is 4.39 Å². The number of ether oxygens (including phenoxy) is 1. The van der Waals surface area contributed by atoms with Crippen LogP contribution in [0.15, 0.2) is 5.11 Å². The van der Waals surface area contributed by atoms with E-state index in [2.05, 4.69) is 26.0 Å². The van der Waals surface area contributed by atoms with Gasteiger partial charge in [-0.15, -0.1) is 0 Å². The predicted molar refractivity (Wildman–Crippen MR) is 42.5 cm³/mol. The van der Waals surface area contributed by atoms with Crippen molar-refractivity contribution in [1.82, 2.24) is 0 Å². The van der Waals surface area contributed by atoms with Crippen LogP contribution in [0.2, 0.25) is 0 Å². The molecule has 0 bridgehead atoms. The monoisotopic (exact) mass is 239 g/mol. The Hall–Kier alpha value is -0.360. The first-order valence-corrected chi connectivity index (χ1v) is 4.21. The van der Waals surface area contributed by atoms with Gasteiger partial charge in [-0.2, -0.15) is 0 Å². The Balaban J connectivity index is 2.52. The van der Waals surface area contributed by atoms with Crippen LogP contribution in [0.3, 0.4) is 0 Å². The van der Waals surface area contributed by atoms with Gasteiger partial charge in [0.25, 0.3) is 0 Å². The SMILES string of the molecule is [N-]=[N+]=NC[C@H]1O[C@@H](Br)[C@@H](F)C1O. The quantitative estimate of drug-likeness (QED) is 0.339. The average molecular weight is 240 g/mol. The van der Waals surface area contributed by atoms with Gasteiger partial charge in [-0.3, -0.25) is 0 Å². The molecular formula is C5H7BrFN3O2. The molecule has 0 saturated carbocycles. The number of azide groups is 1. The summed E-state index contributed by atoms with van der Waals surface area (Å²) in [5.41, 5.74) is 7.96. The van der Waals surface area contributed by atoms with E-state index in [1.165, 1.54) is 0 Å². The molecule has 7 heteroatoms. The van der Waals surface area contributed by atoms with Gasteiger partial charge in [0.15, 0.2) is 6.17 Å². The fourth-order valence-corrected chi connectivity index (χ4v) is 1.54. The molecule has 68 valence electrons. The lowest BCUT2D eigenvalue weighted by Gasteiger charge is -2.09. The van der Waals surface area contributed by atoms with Gasteiger partial charge in [0.05, 0.1) is 12.6 Å². The number of halogens is 2. The average Bonchev–Trinajstić information content (AvgIpc) is 2.30. The van der Waals surface area contributed by atoms with Crippen LogP contribution in [0.25, 0.3) is 10.4 Å². The first kappa shape index (κ1) is 9.73. The number of aliphatic hydroxyl groups is 1. The lowest BCUT2D eigenvalue weighted by molar-refractivity contribution is 0.0388. The molecule has 0 aromatic carbocycles. The summed E-state index contributed by atoms with van der Waals surface area (Å²) in [4.78, 5) is 2.48. The van der Waals surface area contributed by atoms with E-state index in [9.17, 15) is 4.39 Å². The summed E-state index contributed by atoms with van der Waals surface area (Å²) in [6, 6.07) is 0. The Bertz CT molecular complexity index is 211. The molecule has 1 heterocycles. The molecule has 1 rings (SSSR count). The summed E-state index contributed by atoms with van der Waals surface area (Å²) in [5.74, 6) is 0. The van der Waals surface area contributed by atoms with Gasteiger partial charge in [0, 0.05) is 4.91 Å². The Morgan fingerprint density at radius 3 is 2.83 bits per heavy atom. The van der Waals surface area contributed by atoms with Crippen LogP contribution in [0.1, 0.15) is 0 Å². The highest BCUT2D eigenvalue weighted by molar-refractivity contribution is 9.09. The first-order valence-electron chi connectivity index (χ1n) is 3.29. The zero-order valence-electron chi connectivity index (χ0n) is 5.97. The highest BCUT2D eigenvalue weighted by Crippen LogP contribution is 2.27. The van der Waals surface area contributed by atoms with Crippen LogP contribution in [0.5, 0.6) is 0 Å². The predicted octanol–water partition coefficient (Wildman–Crippen LogP) is 1.12. The van der Waals surface area contributed by atoms with Crippen molar-refractivity contribution in [2.75, 3.05) is 6.54 Å². The maximum Gasteiger partial charge on any atom is 0.164 e. The van der Waals surface area contributed by atoms with Crippen molar-refractivity contribution < 1.29 is 14.2 Å². The molecule has 1 saturated heterocycles. The van der Waals surface area contributed by atoms with Crippen molar-refractivity contribution in [3.05, 3.63) is 10.4 Å². The summed E-state index contributed by atoms with van der Waals surface area (Å²) in [6.45, 7) is -0.0554. The van der Waals surface area contributed by atoms with Crippen molar-refractivity contribution in [2.45, 2.75) is 23.4 Å². The van der Waals surface area contributed by atoms with Gasteiger partial charge in [-0.05, 0) is 5.53 Å². The number of nitrogens with zero attached hydrogens (tertiary/aromatic N) is 3. The topological polar surface area (TPSA) is 78.2 Å². The first-order chi connectivity index (χ1) is 5.66. The minimum Gasteiger partial charge on any atom is -0.387 e. The molecule has 0 aromatic heterocycles. The minimum atomic E-state index is -1.47. The largest absolute Gasteiger partial charge is 0.387 e. The molecule has 5 nitrogen and oxygen atoms in total. The third-order valence-corrected chi connectivity index (χ3v) is 2.31. The normalized spacial score (nSPS) is 40.9. The fraction of sp³-hybridized carbons (Fsp3) is 1.00. The summed E-state index contributed by atoms with van der Waals surface area (Å²) < 4.78 is 17.7. The molecule has 1 N–H and O–H groups in total. The molecule has 0 aliphatic carbocycles. The van der Waals surface area contributed by atoms with Gasteiger partial charge < -0.3 is 9.84 Å². The van der Waals surface area contributed by atoms with E-state index in [0.29, 0.717) is 0 Å². The smallest absolute Gasteiger partial charge is 0.164 e. The number of hydrogen-bond acceptors (Lipinski definition) is 3. The van der Waals surface area contributed by atoms with E-state index in [-0.39, 0.29) is 6.54 Å². The Kier molecular flexibility index (Phi) is 3.28. The number of rotatable bonds is 2. The molecule has 1 aliphatic rings. The summed E-state index contributed by atoms with van der Waals surface area (Å²) in [7, 11) is 0. The molecule has 1 unspecified atom stereocenters. The number of alkyl halides is 2. The molecule has 0 amide bonds. The van der Waals surface area contributed by atoms with Crippen molar-refractivity contribution >= 4 is 15.9 Å². The molecule has 0 radical (unpaired) electrons. The Morgan fingerprint density at radius 2 is 2.42 bits per heavy atom. The zero-order valence-corrected chi connectivity index (χ0v) is 7.56. The molecule has 12 heavy (non-hydrogen) atoms. The second-order valence-corrected chi connectivity index (χ2v) is 3.28. The molecule has 0 spiro atoms. The van der Waals surface area contributed by atoms with Crippen molar-refractivity contribution in [1.29, 1.82) is 0 Å². The zero-order chi connectivity index (χ0) is 9.14. The Labute approximate surface area is 76.3 Å². The van der Waals surface area contributed by atoms with Gasteiger partial charge in [0.1, 0.15) is 11.1 Å². The van der Waals surface area contributed by atoms with Crippen LogP contribution in [-0.2, 0) is 4.74 Å². The number of aliphatic hydroxyl groups excluding tert-OH is 1. The van der Waals surface area contributed by atoms with Gasteiger partial charge >= 0.3 is 0 Å². The highest BCUT2D eigenvalue weighted by atomic mass is 79.9. The van der Waals surface area contributed by atoms with E-state index >= 15 is 0 Å². The third-order valence-electron chi connectivity index (χ3n) is 1.59. The highest BCUT2D eigenvalue weighted by Gasteiger charge is 2.42. The lowest BCUT2D eigenvalue weighted by Crippen LogP contribution is -2.29. The summed E-state index contributed by atoms with van der Waals surface area (Å²) in [6.07, 6.45) is -3.44. The standard InChI is InChI=1S/C5H7BrFN3O2/c6-5-3(7)4(11)2(12-5)1-9-10-8/h2-5,11H,1H2/t2-,3+,4?,5-/m1/s1. The van der Waals surface area contributed by atoms with E-state index in [0.717, 1.165) is 0 Å². The van der Waals surface area contributed by atoms with Crippen LogP contribution >= 0.6 is 15.9 Å². The van der Waals surface area contributed by atoms with E-state index < -0.39 is 23.4 Å². The summed E-state index contributed by atoms with van der Waals surface area (Å²) >= 11 is 2.88. The molecular weight excluding hydrogens is 233 g/mol. The molecule has 1 aliphatic heterocycles. The van der Waals surface area contributed by atoms with Gasteiger partial charge in [-0.25, -0.2) is 4.39 Å². The van der Waals surface area contributed by atoms with Crippen molar-refractivity contribution in [2.24, 2.45) is 5.11 Å². The summed E-state index contributed by atoms with van der Waals surface area (Å²) in [5, 5.41) is 11.5. The Morgan fingerprint density at radius 1 is 1.75 bits per heavy atom. The maximum absolute atomic E-state index is 12.8. The van der Waals surface area contributed by atoms with E-state index in [1.54, 1.807) is 0 Å². The maximum atomic E-state index is 12.8. The van der Waals surface area contributed by atoms with E-state index in [4.69, 9.17) is 15.4 Å². The molecule has 0 aromatic rings. The van der Waals surface area contributed by atoms with Gasteiger partial charge in [0.2, 0.25) is 0 Å². The second-order valence-electron chi connectivity index (χ2n) is 2.37. The lowest BCUT2D eigenvalue weighted by atomic mass is 10.2. The third kappa shape index (κ3) is 1.87. The second kappa shape index (κ2) is 4.04. The van der Waals surface area contributed by atoms with Crippen LogP contribution in [0, 0.1) is 0 Å².